The summed E-state index contributed by atoms with van der Waals surface area (Å²) in [5.74, 6) is -0.348. The van der Waals surface area contributed by atoms with Crippen molar-refractivity contribution in [2.75, 3.05) is 6.54 Å². The lowest BCUT2D eigenvalue weighted by Crippen LogP contribution is -2.38. The van der Waals surface area contributed by atoms with Crippen LogP contribution in [0.25, 0.3) is 11.3 Å². The first kappa shape index (κ1) is 18.7. The van der Waals surface area contributed by atoms with Crippen LogP contribution in [0.15, 0.2) is 41.2 Å². The minimum absolute atomic E-state index is 0.110. The lowest BCUT2D eigenvalue weighted by atomic mass is 10.0. The summed E-state index contributed by atoms with van der Waals surface area (Å²) in [6.07, 6.45) is 4.33. The van der Waals surface area contributed by atoms with E-state index in [1.165, 1.54) is 22.9 Å². The molecule has 8 heteroatoms. The summed E-state index contributed by atoms with van der Waals surface area (Å²) in [7, 11) is -3.37. The fraction of sp³-hybridized carbons (Fsp3) is 0.444. The highest BCUT2D eigenvalue weighted by molar-refractivity contribution is 7.90. The Bertz CT molecular complexity index is 904. The highest BCUT2D eigenvalue weighted by Crippen LogP contribution is 2.22. The average molecular weight is 379 g/mol. The number of nitrogens with zero attached hydrogens (tertiary/aromatic N) is 2. The highest BCUT2D eigenvalue weighted by atomic mass is 32.2. The number of hydrogen-bond donors (Lipinski definition) is 1. The minimum atomic E-state index is -3.37. The largest absolute Gasteiger partial charge is 0.268 e. The molecule has 1 heterocycles. The third kappa shape index (κ3) is 4.56. The van der Waals surface area contributed by atoms with Gasteiger partial charge in [-0.25, -0.2) is 22.2 Å². The van der Waals surface area contributed by atoms with Gasteiger partial charge >= 0.3 is 0 Å². The number of halogens is 1. The summed E-state index contributed by atoms with van der Waals surface area (Å²) in [5.41, 5.74) is 0.899. The van der Waals surface area contributed by atoms with Crippen LogP contribution in [0, 0.1) is 5.82 Å². The van der Waals surface area contributed by atoms with Gasteiger partial charge in [0.1, 0.15) is 5.82 Å². The van der Waals surface area contributed by atoms with Crippen LogP contribution in [0.5, 0.6) is 0 Å². The second-order valence-corrected chi connectivity index (χ2v) is 8.53. The molecule has 0 spiro atoms. The molecule has 1 saturated carbocycles. The van der Waals surface area contributed by atoms with E-state index in [9.17, 15) is 17.6 Å². The Hall–Kier alpha value is -2.06. The van der Waals surface area contributed by atoms with E-state index in [0.717, 1.165) is 19.3 Å². The Morgan fingerprint density at radius 1 is 1.08 bits per heavy atom. The Morgan fingerprint density at radius 2 is 1.77 bits per heavy atom. The van der Waals surface area contributed by atoms with Gasteiger partial charge in [0.05, 0.1) is 17.5 Å². The summed E-state index contributed by atoms with van der Waals surface area (Å²) in [5, 5.41) is 3.91. The minimum Gasteiger partial charge on any atom is -0.268 e. The number of rotatable bonds is 6. The third-order valence-electron chi connectivity index (χ3n) is 4.62. The second-order valence-electron chi connectivity index (χ2n) is 6.49. The number of benzene rings is 1. The summed E-state index contributed by atoms with van der Waals surface area (Å²) in [6.45, 7) is 0.248. The second kappa shape index (κ2) is 8.09. The van der Waals surface area contributed by atoms with Gasteiger partial charge in [0.15, 0.2) is 0 Å². The molecule has 26 heavy (non-hydrogen) atoms. The van der Waals surface area contributed by atoms with Gasteiger partial charge in [0, 0.05) is 18.2 Å². The van der Waals surface area contributed by atoms with Gasteiger partial charge in [0.25, 0.3) is 5.56 Å². The van der Waals surface area contributed by atoms with Crippen LogP contribution in [0.3, 0.4) is 0 Å². The summed E-state index contributed by atoms with van der Waals surface area (Å²) >= 11 is 0. The lowest BCUT2D eigenvalue weighted by molar-refractivity contribution is 0.474. The van der Waals surface area contributed by atoms with E-state index in [1.54, 1.807) is 18.2 Å². The van der Waals surface area contributed by atoms with Crippen molar-refractivity contribution in [1.29, 1.82) is 0 Å². The van der Waals surface area contributed by atoms with Crippen molar-refractivity contribution in [2.45, 2.75) is 43.9 Å². The Morgan fingerprint density at radius 3 is 2.46 bits per heavy atom. The molecule has 6 nitrogen and oxygen atoms in total. The van der Waals surface area contributed by atoms with E-state index in [-0.39, 0.29) is 29.7 Å². The smallest absolute Gasteiger partial charge is 0.266 e. The monoisotopic (exact) mass is 379 g/mol. The quantitative estimate of drug-likeness (QED) is 0.835. The third-order valence-corrected chi connectivity index (χ3v) is 6.58. The number of nitrogens with one attached hydrogen (secondary N) is 1. The maximum absolute atomic E-state index is 13.0. The Labute approximate surface area is 152 Å². The molecular formula is C18H22FN3O3S. The molecule has 1 aliphatic carbocycles. The molecule has 1 aromatic heterocycles. The molecule has 1 aromatic carbocycles. The van der Waals surface area contributed by atoms with Gasteiger partial charge in [-0.05, 0) is 43.2 Å². The first-order valence-corrected chi connectivity index (χ1v) is 10.3. The highest BCUT2D eigenvalue weighted by Gasteiger charge is 2.26. The molecule has 0 bridgehead atoms. The molecule has 1 N–H and O–H groups in total. The van der Waals surface area contributed by atoms with Crippen LogP contribution in [0.1, 0.15) is 32.1 Å². The first-order chi connectivity index (χ1) is 12.5. The topological polar surface area (TPSA) is 81.1 Å². The molecule has 0 aliphatic heterocycles. The van der Waals surface area contributed by atoms with Gasteiger partial charge in [-0.2, -0.15) is 5.10 Å². The van der Waals surface area contributed by atoms with E-state index < -0.39 is 10.0 Å². The number of sulfonamides is 1. The maximum Gasteiger partial charge on any atom is 0.266 e. The number of hydrogen-bond acceptors (Lipinski definition) is 4. The summed E-state index contributed by atoms with van der Waals surface area (Å²) < 4.78 is 41.5. The van der Waals surface area contributed by atoms with E-state index in [2.05, 4.69) is 9.82 Å². The van der Waals surface area contributed by atoms with Crippen molar-refractivity contribution in [2.24, 2.45) is 0 Å². The van der Waals surface area contributed by atoms with Gasteiger partial charge in [-0.3, -0.25) is 4.79 Å². The molecule has 3 rings (SSSR count). The molecular weight excluding hydrogens is 357 g/mol. The molecule has 140 valence electrons. The Kier molecular flexibility index (Phi) is 5.83. The molecule has 0 atom stereocenters. The molecule has 0 unspecified atom stereocenters. The van der Waals surface area contributed by atoms with Crippen molar-refractivity contribution < 1.29 is 12.8 Å². The van der Waals surface area contributed by atoms with Crippen LogP contribution in [-0.4, -0.2) is 30.0 Å². The zero-order chi connectivity index (χ0) is 18.6. The average Bonchev–Trinajstić information content (AvgIpc) is 2.65. The predicted octanol–water partition coefficient (Wildman–Crippen LogP) is 2.30. The molecule has 1 aliphatic rings. The SMILES string of the molecule is O=c1ccc(-c2ccc(F)cc2)nn1CCNS(=O)(=O)C1CCCCC1. The summed E-state index contributed by atoms with van der Waals surface area (Å²) in [6, 6.07) is 8.76. The summed E-state index contributed by atoms with van der Waals surface area (Å²) in [4.78, 5) is 12.0. The van der Waals surface area contributed by atoms with Crippen molar-refractivity contribution in [1.82, 2.24) is 14.5 Å². The maximum atomic E-state index is 13.0. The van der Waals surface area contributed by atoms with Gasteiger partial charge in [-0.15, -0.1) is 0 Å². The van der Waals surface area contributed by atoms with E-state index in [1.807, 2.05) is 0 Å². The standard InChI is InChI=1S/C18H22FN3O3S/c19-15-8-6-14(7-9-15)17-10-11-18(23)22(21-17)13-12-20-26(24,25)16-4-2-1-3-5-16/h6-11,16,20H,1-5,12-13H2. The molecule has 2 aromatic rings. The fourth-order valence-corrected chi connectivity index (χ4v) is 4.74. The van der Waals surface area contributed by atoms with E-state index in [0.29, 0.717) is 24.1 Å². The van der Waals surface area contributed by atoms with Gasteiger partial charge < -0.3 is 0 Å². The van der Waals surface area contributed by atoms with Crippen LogP contribution in [0.4, 0.5) is 4.39 Å². The van der Waals surface area contributed by atoms with Crippen molar-refractivity contribution in [3.8, 4) is 11.3 Å². The normalized spacial score (nSPS) is 15.9. The van der Waals surface area contributed by atoms with Gasteiger partial charge in [0.2, 0.25) is 10.0 Å². The van der Waals surface area contributed by atoms with Crippen molar-refractivity contribution in [3.05, 3.63) is 52.6 Å². The zero-order valence-corrected chi connectivity index (χ0v) is 15.2. The Balaban J connectivity index is 1.67. The molecule has 0 saturated heterocycles. The van der Waals surface area contributed by atoms with Gasteiger partial charge in [-0.1, -0.05) is 19.3 Å². The molecule has 0 radical (unpaired) electrons. The van der Waals surface area contributed by atoms with Crippen LogP contribution in [0.2, 0.25) is 0 Å². The van der Waals surface area contributed by atoms with Crippen molar-refractivity contribution in [3.63, 3.8) is 0 Å². The van der Waals surface area contributed by atoms with Crippen molar-refractivity contribution >= 4 is 10.0 Å². The van der Waals surface area contributed by atoms with Crippen LogP contribution < -0.4 is 10.3 Å². The molecule has 0 amide bonds. The zero-order valence-electron chi connectivity index (χ0n) is 14.4. The van der Waals surface area contributed by atoms with Crippen LogP contribution >= 0.6 is 0 Å². The fourth-order valence-electron chi connectivity index (χ4n) is 3.17. The van der Waals surface area contributed by atoms with Crippen LogP contribution in [-0.2, 0) is 16.6 Å². The predicted molar refractivity (Wildman–Crippen MR) is 97.7 cm³/mol. The number of aromatic nitrogens is 2. The van der Waals surface area contributed by atoms with E-state index >= 15 is 0 Å². The molecule has 1 fully saturated rings. The van der Waals surface area contributed by atoms with E-state index in [4.69, 9.17) is 0 Å². The first-order valence-electron chi connectivity index (χ1n) is 8.78. The lowest BCUT2D eigenvalue weighted by Gasteiger charge is -2.22.